The quantitative estimate of drug-likeness (QED) is 0.481. The van der Waals surface area contributed by atoms with E-state index in [1.807, 2.05) is 30.3 Å². The summed E-state index contributed by atoms with van der Waals surface area (Å²) in [5.74, 6) is -1.29. The van der Waals surface area contributed by atoms with Gasteiger partial charge < -0.3 is 4.74 Å². The minimum Gasteiger partial charge on any atom is -0.425 e. The van der Waals surface area contributed by atoms with Gasteiger partial charge in [-0.3, -0.25) is 14.5 Å². The number of hydrogen-bond acceptors (Lipinski definition) is 4. The zero-order valence-electron chi connectivity index (χ0n) is 12.8. The van der Waals surface area contributed by atoms with E-state index in [1.54, 1.807) is 30.3 Å². The lowest BCUT2D eigenvalue weighted by Crippen LogP contribution is -2.48. The van der Waals surface area contributed by atoms with Gasteiger partial charge in [0, 0.05) is 18.6 Å². The molecule has 5 heteroatoms. The number of carbonyl (C=O) groups is 3. The first-order chi connectivity index (χ1) is 11.6. The molecule has 5 nitrogen and oxygen atoms in total. The normalized spacial score (nSPS) is 14.8. The number of hydrogen-bond donors (Lipinski definition) is 0. The van der Waals surface area contributed by atoms with Crippen LogP contribution < -0.4 is 4.74 Å². The molecule has 0 saturated heterocycles. The largest absolute Gasteiger partial charge is 0.425 e. The van der Waals surface area contributed by atoms with Gasteiger partial charge >= 0.3 is 5.97 Å². The van der Waals surface area contributed by atoms with Crippen LogP contribution in [0.25, 0.3) is 0 Å². The molecular formula is C19H15NO4. The van der Waals surface area contributed by atoms with Crippen LogP contribution in [0.5, 0.6) is 5.75 Å². The van der Waals surface area contributed by atoms with Crippen LogP contribution in [0.2, 0.25) is 0 Å². The Morgan fingerprint density at radius 2 is 1.42 bits per heavy atom. The van der Waals surface area contributed by atoms with Gasteiger partial charge in [-0.25, -0.2) is 4.79 Å². The van der Waals surface area contributed by atoms with Gasteiger partial charge in [0.05, 0.1) is 0 Å². The van der Waals surface area contributed by atoms with E-state index in [0.29, 0.717) is 5.75 Å². The van der Waals surface area contributed by atoms with Gasteiger partial charge in [0.15, 0.2) is 0 Å². The predicted molar refractivity (Wildman–Crippen MR) is 87.0 cm³/mol. The van der Waals surface area contributed by atoms with E-state index in [1.165, 1.54) is 0 Å². The zero-order valence-corrected chi connectivity index (χ0v) is 12.8. The number of imide groups is 1. The van der Waals surface area contributed by atoms with Crippen LogP contribution >= 0.6 is 0 Å². The van der Waals surface area contributed by atoms with Crippen LogP contribution in [0.4, 0.5) is 0 Å². The van der Waals surface area contributed by atoms with Crippen LogP contribution in [0, 0.1) is 0 Å². The lowest BCUT2D eigenvalue weighted by Gasteiger charge is -2.24. The van der Waals surface area contributed by atoms with Crippen molar-refractivity contribution >= 4 is 17.8 Å². The number of rotatable bonds is 5. The minimum absolute atomic E-state index is 0.200. The maximum absolute atomic E-state index is 12.6. The Morgan fingerprint density at radius 1 is 0.875 bits per heavy atom. The summed E-state index contributed by atoms with van der Waals surface area (Å²) >= 11 is 0. The lowest BCUT2D eigenvalue weighted by molar-refractivity contribution is -0.151. The average Bonchev–Trinajstić information content (AvgIpc) is 2.93. The van der Waals surface area contributed by atoms with Gasteiger partial charge in [0.2, 0.25) is 0 Å². The van der Waals surface area contributed by atoms with Crippen molar-refractivity contribution in [1.29, 1.82) is 0 Å². The van der Waals surface area contributed by atoms with Crippen molar-refractivity contribution in [1.82, 2.24) is 4.90 Å². The molecule has 1 heterocycles. The monoisotopic (exact) mass is 321 g/mol. The molecule has 2 amide bonds. The number of esters is 1. The van der Waals surface area contributed by atoms with Gasteiger partial charge in [0.1, 0.15) is 11.8 Å². The topological polar surface area (TPSA) is 63.7 Å². The number of nitrogens with zero attached hydrogens (tertiary/aromatic N) is 1. The average molecular weight is 321 g/mol. The van der Waals surface area contributed by atoms with E-state index < -0.39 is 23.8 Å². The molecule has 0 aliphatic carbocycles. The fraction of sp³-hybridized carbons (Fsp3) is 0.105. The maximum Gasteiger partial charge on any atom is 0.335 e. The summed E-state index contributed by atoms with van der Waals surface area (Å²) in [7, 11) is 0. The fourth-order valence-electron chi connectivity index (χ4n) is 2.51. The summed E-state index contributed by atoms with van der Waals surface area (Å²) in [6.45, 7) is 0. The van der Waals surface area contributed by atoms with E-state index in [9.17, 15) is 14.4 Å². The summed E-state index contributed by atoms with van der Waals surface area (Å²) in [6.07, 6.45) is 2.53. The highest BCUT2D eigenvalue weighted by Gasteiger charge is 2.37. The molecule has 1 aliphatic heterocycles. The Bertz CT molecular complexity index is 766. The molecule has 0 fully saturated rings. The highest BCUT2D eigenvalue weighted by Crippen LogP contribution is 2.18. The van der Waals surface area contributed by atoms with E-state index >= 15 is 0 Å². The second kappa shape index (κ2) is 6.91. The highest BCUT2D eigenvalue weighted by molar-refractivity contribution is 6.14. The van der Waals surface area contributed by atoms with Gasteiger partial charge in [-0.2, -0.15) is 0 Å². The Kier molecular flexibility index (Phi) is 4.52. The zero-order chi connectivity index (χ0) is 16.9. The van der Waals surface area contributed by atoms with Crippen molar-refractivity contribution in [3.8, 4) is 5.75 Å². The van der Waals surface area contributed by atoms with Crippen molar-refractivity contribution < 1.29 is 19.1 Å². The van der Waals surface area contributed by atoms with Crippen molar-refractivity contribution in [3.05, 3.63) is 78.4 Å². The SMILES string of the molecule is O=C(Oc1ccccc1)[C@H](Cc1ccccc1)N1C(=O)C=CC1=O. The molecule has 0 spiro atoms. The summed E-state index contributed by atoms with van der Waals surface area (Å²) < 4.78 is 5.34. The molecule has 0 bridgehead atoms. The molecule has 0 aromatic heterocycles. The number of carbonyl (C=O) groups excluding carboxylic acids is 3. The molecule has 120 valence electrons. The Balaban J connectivity index is 1.85. The molecule has 1 aliphatic rings. The predicted octanol–water partition coefficient (Wildman–Crippen LogP) is 2.13. The second-order valence-corrected chi connectivity index (χ2v) is 5.32. The van der Waals surface area contributed by atoms with Crippen molar-refractivity contribution in [3.63, 3.8) is 0 Å². The molecule has 0 saturated carbocycles. The van der Waals surface area contributed by atoms with Crippen LogP contribution in [-0.4, -0.2) is 28.7 Å². The first-order valence-corrected chi connectivity index (χ1v) is 7.51. The fourth-order valence-corrected chi connectivity index (χ4v) is 2.51. The van der Waals surface area contributed by atoms with Crippen molar-refractivity contribution in [2.45, 2.75) is 12.5 Å². The van der Waals surface area contributed by atoms with Gasteiger partial charge in [-0.15, -0.1) is 0 Å². The molecule has 3 rings (SSSR count). The van der Waals surface area contributed by atoms with Gasteiger partial charge in [-0.1, -0.05) is 48.5 Å². The molecular weight excluding hydrogens is 306 g/mol. The number of para-hydroxylation sites is 1. The number of benzene rings is 2. The second-order valence-electron chi connectivity index (χ2n) is 5.32. The molecule has 1 atom stereocenters. The molecule has 0 radical (unpaired) electrons. The van der Waals surface area contributed by atoms with E-state index in [4.69, 9.17) is 4.74 Å². The molecule has 0 unspecified atom stereocenters. The summed E-state index contributed by atoms with van der Waals surface area (Å²) in [4.78, 5) is 37.5. The van der Waals surface area contributed by atoms with E-state index in [0.717, 1.165) is 22.6 Å². The Morgan fingerprint density at radius 3 is 2.00 bits per heavy atom. The Hall–Kier alpha value is -3.21. The van der Waals surface area contributed by atoms with Crippen LogP contribution in [0.3, 0.4) is 0 Å². The Labute approximate surface area is 139 Å². The smallest absolute Gasteiger partial charge is 0.335 e. The van der Waals surface area contributed by atoms with E-state index in [2.05, 4.69) is 0 Å². The van der Waals surface area contributed by atoms with Crippen LogP contribution in [0.1, 0.15) is 5.56 Å². The molecule has 2 aromatic carbocycles. The van der Waals surface area contributed by atoms with Gasteiger partial charge in [0.25, 0.3) is 11.8 Å². The van der Waals surface area contributed by atoms with Crippen molar-refractivity contribution in [2.75, 3.05) is 0 Å². The molecule has 0 N–H and O–H groups in total. The third-order valence-corrected chi connectivity index (χ3v) is 3.66. The van der Waals surface area contributed by atoms with Gasteiger partial charge in [-0.05, 0) is 17.7 Å². The third kappa shape index (κ3) is 3.41. The minimum atomic E-state index is -1.01. The van der Waals surface area contributed by atoms with Crippen LogP contribution in [-0.2, 0) is 20.8 Å². The summed E-state index contributed by atoms with van der Waals surface area (Å²) in [5, 5.41) is 0. The first kappa shape index (κ1) is 15.7. The highest BCUT2D eigenvalue weighted by atomic mass is 16.5. The summed E-state index contributed by atoms with van der Waals surface area (Å²) in [5.41, 5.74) is 0.833. The number of ether oxygens (including phenoxy) is 1. The molecule has 24 heavy (non-hydrogen) atoms. The van der Waals surface area contributed by atoms with Crippen LogP contribution in [0.15, 0.2) is 72.8 Å². The number of amides is 2. The standard InChI is InChI=1S/C19H15NO4/c21-17-11-12-18(22)20(17)16(13-14-7-3-1-4-8-14)19(23)24-15-9-5-2-6-10-15/h1-12,16H,13H2/t16-/m0/s1. The third-order valence-electron chi connectivity index (χ3n) is 3.66. The van der Waals surface area contributed by atoms with Crippen molar-refractivity contribution in [2.24, 2.45) is 0 Å². The lowest BCUT2D eigenvalue weighted by atomic mass is 10.0. The first-order valence-electron chi connectivity index (χ1n) is 7.51. The van der Waals surface area contributed by atoms with E-state index in [-0.39, 0.29) is 6.42 Å². The summed E-state index contributed by atoms with van der Waals surface area (Å²) in [6, 6.07) is 16.7. The maximum atomic E-state index is 12.6. The molecule has 2 aromatic rings.